The lowest BCUT2D eigenvalue weighted by atomic mass is 10.1. The molecule has 1 heterocycles. The summed E-state index contributed by atoms with van der Waals surface area (Å²) in [5, 5.41) is 2.90. The Bertz CT molecular complexity index is 1090. The minimum absolute atomic E-state index is 0.190. The zero-order valence-electron chi connectivity index (χ0n) is 17.9. The van der Waals surface area contributed by atoms with Gasteiger partial charge in [0.2, 0.25) is 6.79 Å². The van der Waals surface area contributed by atoms with Crippen LogP contribution in [0.5, 0.6) is 23.0 Å². The van der Waals surface area contributed by atoms with Gasteiger partial charge in [-0.05, 0) is 74.4 Å². The smallest absolute Gasteiger partial charge is 0.255 e. The van der Waals surface area contributed by atoms with E-state index in [0.29, 0.717) is 41.7 Å². The fraction of sp³-hybridized carbons (Fsp3) is 0.240. The van der Waals surface area contributed by atoms with Crippen molar-refractivity contribution in [2.45, 2.75) is 27.4 Å². The van der Waals surface area contributed by atoms with Gasteiger partial charge in [-0.15, -0.1) is 0 Å². The SMILES string of the molecule is CCOc1ccc(C(=O)Nc2ccc3c(c2)OCO3)cc1COc1cc(C)cc(C)c1. The molecule has 0 fully saturated rings. The van der Waals surface area contributed by atoms with Crippen molar-refractivity contribution in [1.82, 2.24) is 0 Å². The molecule has 0 radical (unpaired) electrons. The van der Waals surface area contributed by atoms with E-state index in [4.69, 9.17) is 18.9 Å². The number of aryl methyl sites for hydroxylation is 2. The van der Waals surface area contributed by atoms with Crippen molar-refractivity contribution in [3.8, 4) is 23.0 Å². The molecule has 0 atom stereocenters. The van der Waals surface area contributed by atoms with Crippen molar-refractivity contribution in [3.63, 3.8) is 0 Å². The number of carbonyl (C=O) groups excluding carboxylic acids is 1. The largest absolute Gasteiger partial charge is 0.493 e. The lowest BCUT2D eigenvalue weighted by molar-refractivity contribution is 0.102. The normalized spacial score (nSPS) is 11.8. The Hall–Kier alpha value is -3.67. The average molecular weight is 419 g/mol. The highest BCUT2D eigenvalue weighted by Crippen LogP contribution is 2.34. The first-order chi connectivity index (χ1) is 15.0. The van der Waals surface area contributed by atoms with Gasteiger partial charge in [0.05, 0.1) is 6.61 Å². The van der Waals surface area contributed by atoms with Gasteiger partial charge in [-0.3, -0.25) is 4.79 Å². The second kappa shape index (κ2) is 9.00. The number of anilines is 1. The topological polar surface area (TPSA) is 66.0 Å². The Labute approximate surface area is 181 Å². The number of fused-ring (bicyclic) bond motifs is 1. The van der Waals surface area contributed by atoms with Crippen molar-refractivity contribution < 1.29 is 23.7 Å². The monoisotopic (exact) mass is 419 g/mol. The van der Waals surface area contributed by atoms with Gasteiger partial charge >= 0.3 is 0 Å². The molecule has 3 aromatic rings. The van der Waals surface area contributed by atoms with E-state index < -0.39 is 0 Å². The number of ether oxygens (including phenoxy) is 4. The minimum Gasteiger partial charge on any atom is -0.493 e. The Morgan fingerprint density at radius 1 is 0.935 bits per heavy atom. The predicted molar refractivity (Wildman–Crippen MR) is 118 cm³/mol. The second-order valence-electron chi connectivity index (χ2n) is 7.39. The molecule has 1 N–H and O–H groups in total. The summed E-state index contributed by atoms with van der Waals surface area (Å²) in [5.74, 6) is 2.55. The maximum atomic E-state index is 12.8. The van der Waals surface area contributed by atoms with Gasteiger partial charge in [0.15, 0.2) is 11.5 Å². The van der Waals surface area contributed by atoms with E-state index in [9.17, 15) is 4.79 Å². The molecule has 0 saturated carbocycles. The first-order valence-corrected chi connectivity index (χ1v) is 10.2. The number of nitrogens with one attached hydrogen (secondary N) is 1. The number of hydrogen-bond acceptors (Lipinski definition) is 5. The van der Waals surface area contributed by atoms with Crippen molar-refractivity contribution in [2.75, 3.05) is 18.7 Å². The van der Waals surface area contributed by atoms with Gasteiger partial charge in [-0.1, -0.05) is 6.07 Å². The molecular weight excluding hydrogens is 394 g/mol. The van der Waals surface area contributed by atoms with Gasteiger partial charge in [0.25, 0.3) is 5.91 Å². The first-order valence-electron chi connectivity index (χ1n) is 10.2. The summed E-state index contributed by atoms with van der Waals surface area (Å²) in [4.78, 5) is 12.8. The van der Waals surface area contributed by atoms with Gasteiger partial charge in [0.1, 0.15) is 18.1 Å². The number of hydrogen-bond donors (Lipinski definition) is 1. The Balaban J connectivity index is 1.52. The maximum absolute atomic E-state index is 12.8. The fourth-order valence-electron chi connectivity index (χ4n) is 3.48. The summed E-state index contributed by atoms with van der Waals surface area (Å²) in [6.07, 6.45) is 0. The van der Waals surface area contributed by atoms with E-state index in [-0.39, 0.29) is 12.7 Å². The third-order valence-electron chi connectivity index (χ3n) is 4.84. The zero-order chi connectivity index (χ0) is 21.8. The summed E-state index contributed by atoms with van der Waals surface area (Å²) in [5.41, 5.74) is 4.23. The molecule has 1 amide bonds. The number of amides is 1. The van der Waals surface area contributed by atoms with Crippen LogP contribution in [0.15, 0.2) is 54.6 Å². The highest BCUT2D eigenvalue weighted by molar-refractivity contribution is 6.04. The van der Waals surface area contributed by atoms with Crippen LogP contribution in [0.25, 0.3) is 0 Å². The average Bonchev–Trinajstić information content (AvgIpc) is 3.20. The van der Waals surface area contributed by atoms with Crippen LogP contribution in [0.3, 0.4) is 0 Å². The van der Waals surface area contributed by atoms with E-state index in [1.165, 1.54) is 0 Å². The highest BCUT2D eigenvalue weighted by atomic mass is 16.7. The van der Waals surface area contributed by atoms with Crippen LogP contribution < -0.4 is 24.3 Å². The molecule has 1 aliphatic rings. The Kier molecular flexibility index (Phi) is 5.98. The molecule has 0 saturated heterocycles. The highest BCUT2D eigenvalue weighted by Gasteiger charge is 2.16. The van der Waals surface area contributed by atoms with E-state index in [1.807, 2.05) is 32.9 Å². The molecule has 0 unspecified atom stereocenters. The van der Waals surface area contributed by atoms with Crippen LogP contribution >= 0.6 is 0 Å². The van der Waals surface area contributed by atoms with Gasteiger partial charge in [-0.2, -0.15) is 0 Å². The third-order valence-corrected chi connectivity index (χ3v) is 4.84. The Morgan fingerprint density at radius 3 is 2.48 bits per heavy atom. The molecule has 0 bridgehead atoms. The standard InChI is InChI=1S/C25H25NO5/c1-4-28-22-7-5-18(12-19(22)14-29-21-10-16(2)9-17(3)11-21)25(27)26-20-6-8-23-24(13-20)31-15-30-23/h5-13H,4,14-15H2,1-3H3,(H,26,27). The van der Waals surface area contributed by atoms with Gasteiger partial charge in [-0.25, -0.2) is 0 Å². The first kappa shape index (κ1) is 20.6. The summed E-state index contributed by atoms with van der Waals surface area (Å²) in [6.45, 7) is 7.01. The van der Waals surface area contributed by atoms with Gasteiger partial charge in [0, 0.05) is 22.9 Å². The molecule has 6 nitrogen and oxygen atoms in total. The second-order valence-corrected chi connectivity index (χ2v) is 7.39. The number of carbonyl (C=O) groups is 1. The van der Waals surface area contributed by atoms with E-state index in [0.717, 1.165) is 22.4 Å². The van der Waals surface area contributed by atoms with E-state index in [1.54, 1.807) is 36.4 Å². The summed E-state index contributed by atoms with van der Waals surface area (Å²) in [7, 11) is 0. The third kappa shape index (κ3) is 4.91. The molecule has 0 aliphatic carbocycles. The van der Waals surface area contributed by atoms with Crippen LogP contribution in [-0.2, 0) is 6.61 Å². The molecule has 1 aliphatic heterocycles. The maximum Gasteiger partial charge on any atom is 0.255 e. The molecule has 160 valence electrons. The Morgan fingerprint density at radius 2 is 1.71 bits per heavy atom. The van der Waals surface area contributed by atoms with Crippen molar-refractivity contribution in [1.29, 1.82) is 0 Å². The molecule has 31 heavy (non-hydrogen) atoms. The quantitative estimate of drug-likeness (QED) is 0.566. The zero-order valence-corrected chi connectivity index (χ0v) is 17.9. The minimum atomic E-state index is -0.227. The molecule has 6 heteroatoms. The van der Waals surface area contributed by atoms with Crippen LogP contribution in [0.2, 0.25) is 0 Å². The number of benzene rings is 3. The van der Waals surface area contributed by atoms with Gasteiger partial charge < -0.3 is 24.3 Å². The lowest BCUT2D eigenvalue weighted by Gasteiger charge is -2.14. The molecule has 4 rings (SSSR count). The lowest BCUT2D eigenvalue weighted by Crippen LogP contribution is -2.13. The van der Waals surface area contributed by atoms with E-state index in [2.05, 4.69) is 11.4 Å². The van der Waals surface area contributed by atoms with E-state index >= 15 is 0 Å². The van der Waals surface area contributed by atoms with Crippen molar-refractivity contribution in [2.24, 2.45) is 0 Å². The van der Waals surface area contributed by atoms with Crippen molar-refractivity contribution in [3.05, 3.63) is 76.9 Å². The fourth-order valence-corrected chi connectivity index (χ4v) is 3.48. The van der Waals surface area contributed by atoms with Crippen LogP contribution in [0.1, 0.15) is 34.0 Å². The number of rotatable bonds is 7. The molecule has 0 spiro atoms. The molecule has 3 aromatic carbocycles. The van der Waals surface area contributed by atoms with Crippen LogP contribution in [0.4, 0.5) is 5.69 Å². The summed E-state index contributed by atoms with van der Waals surface area (Å²) < 4.78 is 22.4. The summed E-state index contributed by atoms with van der Waals surface area (Å²) >= 11 is 0. The van der Waals surface area contributed by atoms with Crippen molar-refractivity contribution >= 4 is 11.6 Å². The van der Waals surface area contributed by atoms with Crippen LogP contribution in [-0.4, -0.2) is 19.3 Å². The molecule has 0 aromatic heterocycles. The summed E-state index contributed by atoms with van der Waals surface area (Å²) in [6, 6.07) is 16.7. The predicted octanol–water partition coefficient (Wildman–Crippen LogP) is 5.26. The van der Waals surface area contributed by atoms with Crippen LogP contribution in [0, 0.1) is 13.8 Å². The molecular formula is C25H25NO5.